The summed E-state index contributed by atoms with van der Waals surface area (Å²) in [4.78, 5) is 35.1. The molecule has 0 saturated carbocycles. The molecular weight excluding hydrogens is 465 g/mol. The van der Waals surface area contributed by atoms with Gasteiger partial charge < -0.3 is 9.30 Å². The minimum atomic E-state index is -0.679. The molecule has 156 valence electrons. The maximum Gasteiger partial charge on any atom is 0.218 e. The van der Waals surface area contributed by atoms with Gasteiger partial charge in [0.25, 0.3) is 0 Å². The molecule has 0 fully saturated rings. The number of pyridine rings is 3. The summed E-state index contributed by atoms with van der Waals surface area (Å²) in [6.07, 6.45) is 1.48. The third-order valence-electron chi connectivity index (χ3n) is 4.83. The molecule has 4 rings (SSSR count). The number of nitrogens with zero attached hydrogens (tertiary/aromatic N) is 3. The first-order valence-corrected chi connectivity index (χ1v) is 10.2. The predicted molar refractivity (Wildman–Crippen MR) is 118 cm³/mol. The van der Waals surface area contributed by atoms with E-state index in [1.807, 2.05) is 18.2 Å². The lowest BCUT2D eigenvalue weighted by atomic mass is 10.0. The van der Waals surface area contributed by atoms with Crippen LogP contribution >= 0.6 is 15.9 Å². The van der Waals surface area contributed by atoms with E-state index >= 15 is 0 Å². The molecule has 31 heavy (non-hydrogen) atoms. The van der Waals surface area contributed by atoms with Gasteiger partial charge in [-0.2, -0.15) is 0 Å². The lowest BCUT2D eigenvalue weighted by molar-refractivity contribution is 0.103. The fourth-order valence-corrected chi connectivity index (χ4v) is 3.71. The van der Waals surface area contributed by atoms with E-state index in [9.17, 15) is 14.0 Å². The Morgan fingerprint density at radius 3 is 2.68 bits per heavy atom. The third-order valence-corrected chi connectivity index (χ3v) is 5.27. The number of methoxy groups -OCH3 is 1. The van der Waals surface area contributed by atoms with Gasteiger partial charge >= 0.3 is 0 Å². The van der Waals surface area contributed by atoms with Crippen LogP contribution in [0.3, 0.4) is 0 Å². The summed E-state index contributed by atoms with van der Waals surface area (Å²) in [5.74, 6) is -1.25. The van der Waals surface area contributed by atoms with E-state index in [0.717, 1.165) is 11.8 Å². The van der Waals surface area contributed by atoms with Gasteiger partial charge in [0, 0.05) is 17.5 Å². The minimum Gasteiger partial charge on any atom is -0.494 e. The molecule has 4 aromatic rings. The molecule has 0 radical (unpaired) electrons. The van der Waals surface area contributed by atoms with Crippen molar-refractivity contribution in [2.75, 3.05) is 7.11 Å². The summed E-state index contributed by atoms with van der Waals surface area (Å²) < 4.78 is 21.5. The van der Waals surface area contributed by atoms with Crippen LogP contribution in [-0.2, 0) is 6.54 Å². The SMILES string of the molecule is COc1ccc(C(=O)c2cn(Cc3cccc(Br)n3)c3ccc(C)nc3c2=O)cc1F. The second-order valence-electron chi connectivity index (χ2n) is 6.95. The highest BCUT2D eigenvalue weighted by Crippen LogP contribution is 2.21. The lowest BCUT2D eigenvalue weighted by Gasteiger charge is -2.13. The highest BCUT2D eigenvalue weighted by atomic mass is 79.9. The smallest absolute Gasteiger partial charge is 0.218 e. The molecule has 3 heterocycles. The van der Waals surface area contributed by atoms with Crippen molar-refractivity contribution in [2.45, 2.75) is 13.5 Å². The molecule has 0 aliphatic rings. The normalized spacial score (nSPS) is 11.0. The summed E-state index contributed by atoms with van der Waals surface area (Å²) in [5.41, 5.74) is 1.59. The predicted octanol–water partition coefficient (Wildman–Crippen LogP) is 4.29. The Hall–Kier alpha value is -3.39. The zero-order valence-electron chi connectivity index (χ0n) is 16.7. The molecule has 3 aromatic heterocycles. The van der Waals surface area contributed by atoms with E-state index in [1.54, 1.807) is 23.6 Å². The van der Waals surface area contributed by atoms with Gasteiger partial charge in [0.05, 0.1) is 30.4 Å². The number of ketones is 1. The number of carbonyl (C=O) groups is 1. The molecule has 0 unspecified atom stereocenters. The van der Waals surface area contributed by atoms with Crippen LogP contribution in [0.5, 0.6) is 5.75 Å². The summed E-state index contributed by atoms with van der Waals surface area (Å²) >= 11 is 3.35. The minimum absolute atomic E-state index is 0.0190. The van der Waals surface area contributed by atoms with Crippen molar-refractivity contribution in [1.29, 1.82) is 0 Å². The second kappa shape index (κ2) is 8.39. The van der Waals surface area contributed by atoms with Gasteiger partial charge in [-0.3, -0.25) is 9.59 Å². The van der Waals surface area contributed by atoms with Crippen molar-refractivity contribution in [3.8, 4) is 5.75 Å². The van der Waals surface area contributed by atoms with Crippen molar-refractivity contribution in [1.82, 2.24) is 14.5 Å². The zero-order chi connectivity index (χ0) is 22.1. The average molecular weight is 482 g/mol. The third kappa shape index (κ3) is 4.11. The Bertz CT molecular complexity index is 1380. The summed E-state index contributed by atoms with van der Waals surface area (Å²) in [7, 11) is 1.34. The maximum absolute atomic E-state index is 14.2. The summed E-state index contributed by atoms with van der Waals surface area (Å²) in [6, 6.07) is 12.9. The second-order valence-corrected chi connectivity index (χ2v) is 7.76. The molecule has 6 nitrogen and oxygen atoms in total. The highest BCUT2D eigenvalue weighted by molar-refractivity contribution is 9.10. The quantitative estimate of drug-likeness (QED) is 0.314. The lowest BCUT2D eigenvalue weighted by Crippen LogP contribution is -2.21. The molecule has 0 amide bonds. The molecule has 0 aliphatic carbocycles. The fraction of sp³-hybridized carbons (Fsp3) is 0.130. The van der Waals surface area contributed by atoms with E-state index in [1.165, 1.54) is 25.4 Å². The van der Waals surface area contributed by atoms with Crippen LogP contribution in [0.25, 0.3) is 11.0 Å². The highest BCUT2D eigenvalue weighted by Gasteiger charge is 2.20. The van der Waals surface area contributed by atoms with Crippen LogP contribution in [0.2, 0.25) is 0 Å². The van der Waals surface area contributed by atoms with Crippen molar-refractivity contribution in [3.05, 3.63) is 97.9 Å². The Morgan fingerprint density at radius 1 is 1.16 bits per heavy atom. The Morgan fingerprint density at radius 2 is 1.97 bits per heavy atom. The average Bonchev–Trinajstić information content (AvgIpc) is 2.75. The monoisotopic (exact) mass is 481 g/mol. The molecule has 0 bridgehead atoms. The number of hydrogen-bond donors (Lipinski definition) is 0. The first-order chi connectivity index (χ1) is 14.9. The van der Waals surface area contributed by atoms with Crippen LogP contribution < -0.4 is 10.2 Å². The van der Waals surface area contributed by atoms with Crippen LogP contribution in [0.1, 0.15) is 27.3 Å². The summed E-state index contributed by atoms with van der Waals surface area (Å²) in [5, 5.41) is 0. The first kappa shape index (κ1) is 20.9. The van der Waals surface area contributed by atoms with Crippen molar-refractivity contribution in [2.24, 2.45) is 0 Å². The van der Waals surface area contributed by atoms with Gasteiger partial charge in [-0.25, -0.2) is 14.4 Å². The van der Waals surface area contributed by atoms with Crippen LogP contribution in [0.15, 0.2) is 64.1 Å². The van der Waals surface area contributed by atoms with Gasteiger partial charge in [-0.15, -0.1) is 0 Å². The molecule has 0 saturated heterocycles. The van der Waals surface area contributed by atoms with E-state index in [0.29, 0.717) is 22.4 Å². The maximum atomic E-state index is 14.2. The molecule has 0 spiro atoms. The van der Waals surface area contributed by atoms with Crippen LogP contribution in [-0.4, -0.2) is 27.4 Å². The number of carbonyl (C=O) groups excluding carboxylic acids is 1. The first-order valence-electron chi connectivity index (χ1n) is 9.38. The number of ether oxygens (including phenoxy) is 1. The fourth-order valence-electron chi connectivity index (χ4n) is 3.33. The van der Waals surface area contributed by atoms with Gasteiger partial charge in [-0.1, -0.05) is 6.07 Å². The van der Waals surface area contributed by atoms with Gasteiger partial charge in [0.15, 0.2) is 17.3 Å². The van der Waals surface area contributed by atoms with E-state index in [4.69, 9.17) is 4.74 Å². The van der Waals surface area contributed by atoms with Gasteiger partial charge in [-0.05, 0) is 65.3 Å². The van der Waals surface area contributed by atoms with Gasteiger partial charge in [0.2, 0.25) is 5.43 Å². The topological polar surface area (TPSA) is 74.1 Å². The van der Waals surface area contributed by atoms with Crippen LogP contribution in [0.4, 0.5) is 4.39 Å². The van der Waals surface area contributed by atoms with Crippen molar-refractivity contribution in [3.63, 3.8) is 0 Å². The van der Waals surface area contributed by atoms with E-state index < -0.39 is 17.0 Å². The van der Waals surface area contributed by atoms with Crippen molar-refractivity contribution >= 4 is 32.7 Å². The number of halogens is 2. The Kier molecular flexibility index (Phi) is 5.65. The van der Waals surface area contributed by atoms with Crippen LogP contribution in [0, 0.1) is 12.7 Å². The number of benzene rings is 1. The number of aryl methyl sites for hydroxylation is 1. The molecule has 1 aromatic carbocycles. The molecule has 0 N–H and O–H groups in total. The molecule has 0 atom stereocenters. The van der Waals surface area contributed by atoms with E-state index in [2.05, 4.69) is 25.9 Å². The standard InChI is InChI=1S/C23H17BrFN3O3/c1-13-6-8-18-21(26-13)23(30)16(12-28(18)11-15-4-3-5-20(24)27-15)22(29)14-7-9-19(31-2)17(25)10-14/h3-10,12H,11H2,1-2H3. The largest absolute Gasteiger partial charge is 0.494 e. The number of rotatable bonds is 5. The zero-order valence-corrected chi connectivity index (χ0v) is 18.3. The molecule has 0 aliphatic heterocycles. The Labute approximate surface area is 185 Å². The summed E-state index contributed by atoms with van der Waals surface area (Å²) in [6.45, 7) is 2.09. The van der Waals surface area contributed by atoms with Crippen molar-refractivity contribution < 1.29 is 13.9 Å². The van der Waals surface area contributed by atoms with Gasteiger partial charge in [0.1, 0.15) is 10.1 Å². The van der Waals surface area contributed by atoms with E-state index in [-0.39, 0.29) is 22.4 Å². The molecular formula is C23H17BrFN3O3. The number of hydrogen-bond acceptors (Lipinski definition) is 5. The number of fused-ring (bicyclic) bond motifs is 1. The number of aromatic nitrogens is 3. The Balaban J connectivity index is 1.89. The molecule has 8 heteroatoms.